The van der Waals surface area contributed by atoms with E-state index in [1.54, 1.807) is 7.11 Å². The minimum atomic E-state index is 0.954. The summed E-state index contributed by atoms with van der Waals surface area (Å²) >= 11 is 0. The van der Waals surface area contributed by atoms with Crippen LogP contribution < -0.4 is 4.74 Å². The fourth-order valence-corrected chi connectivity index (χ4v) is 2.58. The normalized spacial score (nSPS) is 11.1. The van der Waals surface area contributed by atoms with Crippen molar-refractivity contribution in [2.45, 2.75) is 13.8 Å². The molecule has 0 aliphatic carbocycles. The van der Waals surface area contributed by atoms with Crippen molar-refractivity contribution in [3.8, 4) is 5.75 Å². The Morgan fingerprint density at radius 1 is 0.778 bits per heavy atom. The third-order valence-corrected chi connectivity index (χ3v) is 3.55. The maximum absolute atomic E-state index is 5.55. The molecule has 0 aliphatic heterocycles. The SMILES string of the molecule is COc1cc2c(C)cccc2c2ccc(C)cc12. The van der Waals surface area contributed by atoms with Crippen LogP contribution >= 0.6 is 0 Å². The van der Waals surface area contributed by atoms with Crippen molar-refractivity contribution in [2.24, 2.45) is 0 Å². The van der Waals surface area contributed by atoms with Crippen molar-refractivity contribution in [3.05, 3.63) is 53.6 Å². The molecule has 0 saturated heterocycles. The van der Waals surface area contributed by atoms with Crippen molar-refractivity contribution < 1.29 is 4.74 Å². The molecule has 0 bridgehead atoms. The maximum Gasteiger partial charge on any atom is 0.127 e. The highest BCUT2D eigenvalue weighted by Crippen LogP contribution is 2.35. The van der Waals surface area contributed by atoms with Gasteiger partial charge in [0.25, 0.3) is 0 Å². The predicted octanol–water partition coefficient (Wildman–Crippen LogP) is 4.62. The number of hydrogen-bond acceptors (Lipinski definition) is 1. The highest BCUT2D eigenvalue weighted by Gasteiger charge is 2.08. The fraction of sp³-hybridized carbons (Fsp3) is 0.176. The molecule has 0 spiro atoms. The van der Waals surface area contributed by atoms with E-state index in [9.17, 15) is 0 Å². The van der Waals surface area contributed by atoms with Gasteiger partial charge < -0.3 is 4.74 Å². The first-order chi connectivity index (χ1) is 8.70. The number of aryl methyl sites for hydroxylation is 2. The Morgan fingerprint density at radius 3 is 2.33 bits per heavy atom. The number of ether oxygens (including phenoxy) is 1. The van der Waals surface area contributed by atoms with E-state index in [1.165, 1.54) is 32.7 Å². The number of methoxy groups -OCH3 is 1. The van der Waals surface area contributed by atoms with Crippen LogP contribution in [0, 0.1) is 13.8 Å². The van der Waals surface area contributed by atoms with E-state index in [1.807, 2.05) is 0 Å². The molecule has 0 aromatic heterocycles. The highest BCUT2D eigenvalue weighted by atomic mass is 16.5. The van der Waals surface area contributed by atoms with Crippen LogP contribution in [0.5, 0.6) is 5.75 Å². The number of hydrogen-bond donors (Lipinski definition) is 0. The van der Waals surface area contributed by atoms with E-state index in [4.69, 9.17) is 4.74 Å². The lowest BCUT2D eigenvalue weighted by molar-refractivity contribution is 0.420. The lowest BCUT2D eigenvalue weighted by Crippen LogP contribution is -1.89. The first-order valence-electron chi connectivity index (χ1n) is 6.17. The second kappa shape index (κ2) is 4.02. The van der Waals surface area contributed by atoms with Crippen LogP contribution in [-0.4, -0.2) is 7.11 Å². The summed E-state index contributed by atoms with van der Waals surface area (Å²) in [7, 11) is 1.74. The van der Waals surface area contributed by atoms with Crippen LogP contribution in [-0.2, 0) is 0 Å². The molecule has 0 aliphatic rings. The maximum atomic E-state index is 5.55. The van der Waals surface area contributed by atoms with Crippen molar-refractivity contribution in [2.75, 3.05) is 7.11 Å². The second-order valence-electron chi connectivity index (χ2n) is 4.80. The predicted molar refractivity (Wildman–Crippen MR) is 77.5 cm³/mol. The molecule has 0 radical (unpaired) electrons. The summed E-state index contributed by atoms with van der Waals surface area (Å²) < 4.78 is 5.55. The first kappa shape index (κ1) is 11.1. The van der Waals surface area contributed by atoms with E-state index >= 15 is 0 Å². The fourth-order valence-electron chi connectivity index (χ4n) is 2.58. The molecule has 3 aromatic carbocycles. The lowest BCUT2D eigenvalue weighted by atomic mass is 9.97. The van der Waals surface area contributed by atoms with Gasteiger partial charge in [0.15, 0.2) is 0 Å². The average molecular weight is 236 g/mol. The van der Waals surface area contributed by atoms with Crippen LogP contribution in [0.2, 0.25) is 0 Å². The Hall–Kier alpha value is -2.02. The molecule has 3 aromatic rings. The lowest BCUT2D eigenvalue weighted by Gasteiger charge is -2.11. The third-order valence-electron chi connectivity index (χ3n) is 3.55. The Kier molecular flexibility index (Phi) is 2.48. The van der Waals surface area contributed by atoms with Gasteiger partial charge >= 0.3 is 0 Å². The number of benzene rings is 3. The topological polar surface area (TPSA) is 9.23 Å². The van der Waals surface area contributed by atoms with Gasteiger partial charge in [0.1, 0.15) is 5.75 Å². The van der Waals surface area contributed by atoms with Crippen molar-refractivity contribution in [1.82, 2.24) is 0 Å². The van der Waals surface area contributed by atoms with Gasteiger partial charge in [0.05, 0.1) is 7.11 Å². The van der Waals surface area contributed by atoms with E-state index in [2.05, 4.69) is 56.3 Å². The van der Waals surface area contributed by atoms with Gasteiger partial charge in [0.2, 0.25) is 0 Å². The second-order valence-corrected chi connectivity index (χ2v) is 4.80. The van der Waals surface area contributed by atoms with E-state index in [0.29, 0.717) is 0 Å². The Balaban J connectivity index is 2.57. The van der Waals surface area contributed by atoms with E-state index in [-0.39, 0.29) is 0 Å². The van der Waals surface area contributed by atoms with E-state index in [0.717, 1.165) is 5.75 Å². The molecule has 90 valence electrons. The van der Waals surface area contributed by atoms with Gasteiger partial charge in [-0.3, -0.25) is 0 Å². The monoisotopic (exact) mass is 236 g/mol. The van der Waals surface area contributed by atoms with Gasteiger partial charge in [-0.2, -0.15) is 0 Å². The Labute approximate surface area is 107 Å². The summed E-state index contributed by atoms with van der Waals surface area (Å²) in [5, 5.41) is 5.02. The van der Waals surface area contributed by atoms with Gasteiger partial charge in [-0.25, -0.2) is 0 Å². The van der Waals surface area contributed by atoms with Gasteiger partial charge in [0, 0.05) is 5.39 Å². The minimum Gasteiger partial charge on any atom is -0.496 e. The Morgan fingerprint density at radius 2 is 1.56 bits per heavy atom. The molecule has 0 amide bonds. The molecule has 1 nitrogen and oxygen atoms in total. The molecule has 3 rings (SSSR count). The largest absolute Gasteiger partial charge is 0.496 e. The zero-order valence-corrected chi connectivity index (χ0v) is 10.9. The molecule has 0 N–H and O–H groups in total. The number of fused-ring (bicyclic) bond motifs is 3. The van der Waals surface area contributed by atoms with Crippen molar-refractivity contribution in [1.29, 1.82) is 0 Å². The first-order valence-corrected chi connectivity index (χ1v) is 6.17. The van der Waals surface area contributed by atoms with Crippen molar-refractivity contribution in [3.63, 3.8) is 0 Å². The number of rotatable bonds is 1. The molecule has 18 heavy (non-hydrogen) atoms. The standard InChI is InChI=1S/C17H16O/c1-11-7-8-14-13-6-4-5-12(2)15(13)10-17(18-3)16(14)9-11/h4-10H,1-3H3. The molecule has 0 fully saturated rings. The van der Waals surface area contributed by atoms with E-state index < -0.39 is 0 Å². The molecule has 0 saturated carbocycles. The molecule has 0 heterocycles. The molecule has 0 atom stereocenters. The zero-order valence-electron chi connectivity index (χ0n) is 10.9. The zero-order chi connectivity index (χ0) is 12.7. The summed E-state index contributed by atoms with van der Waals surface area (Å²) in [6.07, 6.45) is 0. The van der Waals surface area contributed by atoms with Gasteiger partial charge in [-0.05, 0) is 47.7 Å². The van der Waals surface area contributed by atoms with Gasteiger partial charge in [-0.15, -0.1) is 0 Å². The smallest absolute Gasteiger partial charge is 0.127 e. The quantitative estimate of drug-likeness (QED) is 0.560. The van der Waals surface area contributed by atoms with Gasteiger partial charge in [-0.1, -0.05) is 35.9 Å². The third kappa shape index (κ3) is 1.55. The average Bonchev–Trinajstić information content (AvgIpc) is 2.38. The summed E-state index contributed by atoms with van der Waals surface area (Å²) in [5.74, 6) is 0.954. The Bertz CT molecular complexity index is 741. The molecule has 0 unspecified atom stereocenters. The summed E-state index contributed by atoms with van der Waals surface area (Å²) in [6.45, 7) is 4.25. The molecular weight excluding hydrogens is 220 g/mol. The van der Waals surface area contributed by atoms with Crippen LogP contribution in [0.1, 0.15) is 11.1 Å². The van der Waals surface area contributed by atoms with Crippen LogP contribution in [0.3, 0.4) is 0 Å². The van der Waals surface area contributed by atoms with Crippen molar-refractivity contribution >= 4 is 21.5 Å². The summed E-state index contributed by atoms with van der Waals surface area (Å²) in [4.78, 5) is 0. The van der Waals surface area contributed by atoms with Crippen LogP contribution in [0.15, 0.2) is 42.5 Å². The van der Waals surface area contributed by atoms with Crippen LogP contribution in [0.4, 0.5) is 0 Å². The summed E-state index contributed by atoms with van der Waals surface area (Å²) in [6, 6.07) is 15.1. The molecule has 1 heteroatoms. The summed E-state index contributed by atoms with van der Waals surface area (Å²) in [5.41, 5.74) is 2.54. The minimum absolute atomic E-state index is 0.954. The highest BCUT2D eigenvalue weighted by molar-refractivity contribution is 6.11. The molecular formula is C17H16O. The van der Waals surface area contributed by atoms with Crippen LogP contribution in [0.25, 0.3) is 21.5 Å².